The Kier molecular flexibility index (Phi) is 5.73. The van der Waals surface area contributed by atoms with Crippen LogP contribution in [0.1, 0.15) is 54.4 Å². The third-order valence-electron chi connectivity index (χ3n) is 8.34. The Labute approximate surface area is 226 Å². The van der Waals surface area contributed by atoms with E-state index in [9.17, 15) is 4.79 Å². The molecule has 2 aliphatic rings. The predicted molar refractivity (Wildman–Crippen MR) is 153 cm³/mol. The Balaban J connectivity index is 1.55. The van der Waals surface area contributed by atoms with Crippen LogP contribution in [0.4, 0.5) is 0 Å². The first kappa shape index (κ1) is 23.5. The Morgan fingerprint density at radius 1 is 0.868 bits per heavy atom. The van der Waals surface area contributed by atoms with Crippen LogP contribution >= 0.6 is 11.8 Å². The maximum atomic E-state index is 14.7. The van der Waals surface area contributed by atoms with E-state index >= 15 is 0 Å². The van der Waals surface area contributed by atoms with Gasteiger partial charge in [0.15, 0.2) is 5.16 Å². The van der Waals surface area contributed by atoms with E-state index in [-0.39, 0.29) is 11.0 Å². The molecule has 0 aliphatic heterocycles. The third kappa shape index (κ3) is 3.73. The van der Waals surface area contributed by atoms with Crippen molar-refractivity contribution in [2.45, 2.75) is 61.8 Å². The van der Waals surface area contributed by atoms with Crippen molar-refractivity contribution in [2.75, 3.05) is 0 Å². The molecule has 0 unspecified atom stereocenters. The van der Waals surface area contributed by atoms with E-state index < -0.39 is 0 Å². The van der Waals surface area contributed by atoms with Gasteiger partial charge in [0.25, 0.3) is 5.56 Å². The zero-order valence-corrected chi connectivity index (χ0v) is 22.4. The number of hydrogen-bond donors (Lipinski definition) is 0. The summed E-state index contributed by atoms with van der Waals surface area (Å²) in [6.07, 6.45) is 6.54. The molecule has 2 heterocycles. The summed E-state index contributed by atoms with van der Waals surface area (Å²) in [5.74, 6) is 1.36. The van der Waals surface area contributed by atoms with Gasteiger partial charge in [-0.15, -0.1) is 10.2 Å². The maximum Gasteiger partial charge on any atom is 0.263 e. The molecule has 0 atom stereocenters. The highest BCUT2D eigenvalue weighted by Gasteiger charge is 2.44. The van der Waals surface area contributed by atoms with E-state index in [1.165, 1.54) is 17.5 Å². The molecular weight excluding hydrogens is 488 g/mol. The van der Waals surface area contributed by atoms with Crippen LogP contribution in [0, 0.1) is 6.92 Å². The van der Waals surface area contributed by atoms with Crippen LogP contribution in [-0.2, 0) is 17.6 Å². The van der Waals surface area contributed by atoms with Gasteiger partial charge < -0.3 is 0 Å². The zero-order valence-electron chi connectivity index (χ0n) is 21.6. The van der Waals surface area contributed by atoms with Crippen molar-refractivity contribution >= 4 is 17.5 Å². The second kappa shape index (κ2) is 9.28. The third-order valence-corrected chi connectivity index (χ3v) is 9.34. The second-order valence-electron chi connectivity index (χ2n) is 10.8. The molecule has 38 heavy (non-hydrogen) atoms. The number of rotatable bonds is 4. The summed E-state index contributed by atoms with van der Waals surface area (Å²) in [6.45, 7) is 2.07. The van der Waals surface area contributed by atoms with E-state index in [1.54, 1.807) is 11.8 Å². The second-order valence-corrected chi connectivity index (χ2v) is 11.7. The lowest BCUT2D eigenvalue weighted by Crippen LogP contribution is -2.43. The Hall–Kier alpha value is -3.64. The fourth-order valence-electron chi connectivity index (χ4n) is 6.51. The van der Waals surface area contributed by atoms with Crippen molar-refractivity contribution in [2.24, 2.45) is 0 Å². The van der Waals surface area contributed by atoms with Crippen molar-refractivity contribution in [3.8, 4) is 16.9 Å². The van der Waals surface area contributed by atoms with Gasteiger partial charge in [-0.05, 0) is 49.4 Å². The Bertz CT molecular complexity index is 1700. The standard InChI is InChI=1S/C32H30N4OS/c1-22-14-16-25(17-15-22)35-29(37)27-28(26-13-7-6-12-24(26)20-32(27)18-8-3-9-19-32)36-30(35)33-34-31(36)38-21-23-10-4-2-5-11-23/h2,4-7,10-17H,3,8-9,18-21H2,1H3. The minimum absolute atomic E-state index is 0.0553. The minimum Gasteiger partial charge on any atom is -0.268 e. The number of aromatic nitrogens is 4. The molecule has 1 spiro atoms. The molecule has 5 aromatic rings. The molecule has 0 saturated heterocycles. The van der Waals surface area contributed by atoms with Crippen molar-refractivity contribution in [1.29, 1.82) is 0 Å². The molecule has 0 N–H and O–H groups in total. The molecule has 1 saturated carbocycles. The molecule has 0 radical (unpaired) electrons. The van der Waals surface area contributed by atoms with Gasteiger partial charge in [0.05, 0.1) is 11.4 Å². The normalized spacial score (nSPS) is 15.9. The van der Waals surface area contributed by atoms with Crippen molar-refractivity contribution in [1.82, 2.24) is 19.2 Å². The summed E-state index contributed by atoms with van der Waals surface area (Å²) in [4.78, 5) is 14.7. The van der Waals surface area contributed by atoms with Crippen molar-refractivity contribution < 1.29 is 0 Å². The largest absolute Gasteiger partial charge is 0.268 e. The van der Waals surface area contributed by atoms with Gasteiger partial charge in [-0.25, -0.2) is 4.57 Å². The van der Waals surface area contributed by atoms with Gasteiger partial charge in [0, 0.05) is 22.3 Å². The zero-order chi connectivity index (χ0) is 25.7. The number of aryl methyl sites for hydroxylation is 1. The molecule has 5 nitrogen and oxygen atoms in total. The van der Waals surface area contributed by atoms with Crippen LogP contribution < -0.4 is 5.56 Å². The highest BCUT2D eigenvalue weighted by Crippen LogP contribution is 2.49. The van der Waals surface area contributed by atoms with Crippen LogP contribution in [0.25, 0.3) is 22.7 Å². The highest BCUT2D eigenvalue weighted by atomic mass is 32.2. The van der Waals surface area contributed by atoms with Crippen molar-refractivity contribution in [3.05, 3.63) is 111 Å². The molecule has 0 amide bonds. The van der Waals surface area contributed by atoms with Gasteiger partial charge in [0.2, 0.25) is 5.78 Å². The van der Waals surface area contributed by atoms with Gasteiger partial charge in [-0.3, -0.25) is 9.20 Å². The number of fused-ring (bicyclic) bond motifs is 6. The van der Waals surface area contributed by atoms with E-state index in [0.29, 0.717) is 5.78 Å². The lowest BCUT2D eigenvalue weighted by Gasteiger charge is -2.42. The van der Waals surface area contributed by atoms with Crippen LogP contribution in [0.2, 0.25) is 0 Å². The van der Waals surface area contributed by atoms with Gasteiger partial charge in [0.1, 0.15) is 0 Å². The Morgan fingerprint density at radius 3 is 2.39 bits per heavy atom. The van der Waals surface area contributed by atoms with Crippen LogP contribution in [-0.4, -0.2) is 19.2 Å². The summed E-state index contributed by atoms with van der Waals surface area (Å²) in [6, 6.07) is 27.3. The lowest BCUT2D eigenvalue weighted by atomic mass is 9.62. The monoisotopic (exact) mass is 518 g/mol. The van der Waals surface area contributed by atoms with Gasteiger partial charge >= 0.3 is 0 Å². The number of hydrogen-bond acceptors (Lipinski definition) is 4. The summed E-state index contributed by atoms with van der Waals surface area (Å²) in [7, 11) is 0. The van der Waals surface area contributed by atoms with Crippen LogP contribution in [0.3, 0.4) is 0 Å². The quantitative estimate of drug-likeness (QED) is 0.243. The maximum absolute atomic E-state index is 14.7. The molecule has 2 aliphatic carbocycles. The first-order chi connectivity index (χ1) is 18.6. The number of nitrogens with zero attached hydrogens (tertiary/aromatic N) is 4. The van der Waals surface area contributed by atoms with E-state index in [2.05, 4.69) is 82.2 Å². The smallest absolute Gasteiger partial charge is 0.263 e. The highest BCUT2D eigenvalue weighted by molar-refractivity contribution is 7.98. The summed E-state index contributed by atoms with van der Waals surface area (Å²) < 4.78 is 3.99. The minimum atomic E-state index is -0.161. The average Bonchev–Trinajstić information content (AvgIpc) is 3.37. The fraction of sp³-hybridized carbons (Fsp3) is 0.281. The molecule has 2 aromatic heterocycles. The SMILES string of the molecule is Cc1ccc(-n2c(=O)c3c(n4c(SCc5ccccc5)nnc24)-c2ccccc2CC32CCCCC2)cc1. The lowest BCUT2D eigenvalue weighted by molar-refractivity contribution is 0.284. The first-order valence-corrected chi connectivity index (χ1v) is 14.5. The van der Waals surface area contributed by atoms with Gasteiger partial charge in [-0.1, -0.05) is 103 Å². The molecule has 190 valence electrons. The summed E-state index contributed by atoms with van der Waals surface area (Å²) in [5.41, 5.74) is 7.54. The van der Waals surface area contributed by atoms with E-state index in [0.717, 1.165) is 71.1 Å². The molecule has 3 aromatic carbocycles. The number of benzene rings is 3. The summed E-state index contributed by atoms with van der Waals surface area (Å²) >= 11 is 1.68. The van der Waals surface area contributed by atoms with E-state index in [4.69, 9.17) is 0 Å². The Morgan fingerprint density at radius 2 is 1.61 bits per heavy atom. The molecule has 1 fully saturated rings. The first-order valence-electron chi connectivity index (χ1n) is 13.5. The van der Waals surface area contributed by atoms with Crippen LogP contribution in [0.15, 0.2) is 88.8 Å². The van der Waals surface area contributed by atoms with Gasteiger partial charge in [-0.2, -0.15) is 0 Å². The fourth-order valence-corrected chi connectivity index (χ4v) is 7.40. The molecule has 0 bridgehead atoms. The van der Waals surface area contributed by atoms with Crippen molar-refractivity contribution in [3.63, 3.8) is 0 Å². The average molecular weight is 519 g/mol. The van der Waals surface area contributed by atoms with Crippen LogP contribution in [0.5, 0.6) is 0 Å². The predicted octanol–water partition coefficient (Wildman–Crippen LogP) is 6.91. The summed E-state index contributed by atoms with van der Waals surface area (Å²) in [5, 5.41) is 10.2. The molecular formula is C32H30N4OS. The molecule has 7 rings (SSSR count). The number of thioether (sulfide) groups is 1. The van der Waals surface area contributed by atoms with E-state index in [1.807, 2.05) is 22.8 Å². The topological polar surface area (TPSA) is 52.2 Å². The molecule has 6 heteroatoms.